The van der Waals surface area contributed by atoms with Crippen molar-refractivity contribution in [2.75, 3.05) is 42.5 Å². The third kappa shape index (κ3) is 4.89. The first-order valence-corrected chi connectivity index (χ1v) is 16.5. The predicted molar refractivity (Wildman–Crippen MR) is 181 cm³/mol. The minimum absolute atomic E-state index is 0.131. The predicted octanol–water partition coefficient (Wildman–Crippen LogP) is 5.19. The second-order valence-corrected chi connectivity index (χ2v) is 14.1. The first-order chi connectivity index (χ1) is 23.9. The number of imide groups is 1. The van der Waals surface area contributed by atoms with Gasteiger partial charge in [-0.1, -0.05) is 6.07 Å². The molecule has 1 spiro atoms. The lowest BCUT2D eigenvalue weighted by molar-refractivity contribution is -0.119. The van der Waals surface area contributed by atoms with Crippen LogP contribution in [0.15, 0.2) is 42.7 Å². The number of rotatable bonds is 6. The minimum Gasteiger partial charge on any atom is -0.497 e. The van der Waals surface area contributed by atoms with Crippen LogP contribution in [0.25, 0.3) is 10.9 Å². The monoisotopic (exact) mass is 683 g/mol. The van der Waals surface area contributed by atoms with E-state index in [1.54, 1.807) is 52.1 Å². The molecule has 1 aliphatic carbocycles. The number of fused-ring (bicyclic) bond motifs is 6. The fraction of sp³-hybridized carbons (Fsp3) is 0.429. The quantitative estimate of drug-likeness (QED) is 0.273. The van der Waals surface area contributed by atoms with Gasteiger partial charge >= 0.3 is 12.2 Å². The summed E-state index contributed by atoms with van der Waals surface area (Å²) in [7, 11) is 3.08. The number of ether oxygens (including phenoxy) is 4. The molecule has 0 radical (unpaired) electrons. The van der Waals surface area contributed by atoms with Crippen molar-refractivity contribution < 1.29 is 38.4 Å². The molecule has 4 aromatic rings. The second kappa shape index (κ2) is 11.3. The van der Waals surface area contributed by atoms with Crippen LogP contribution in [0.3, 0.4) is 0 Å². The molecule has 3 saturated heterocycles. The molecule has 5 aliphatic rings. The minimum atomic E-state index is -1.34. The lowest BCUT2D eigenvalue weighted by Crippen LogP contribution is -2.55. The number of hydrogen-bond donors (Lipinski definition) is 2. The van der Waals surface area contributed by atoms with Gasteiger partial charge in [0.15, 0.2) is 17.5 Å². The number of benzene rings is 2. The van der Waals surface area contributed by atoms with Crippen molar-refractivity contribution in [3.8, 4) is 11.5 Å². The third-order valence-electron chi connectivity index (χ3n) is 10.0. The maximum Gasteiger partial charge on any atom is 0.435 e. The number of methoxy groups -OCH3 is 2. The van der Waals surface area contributed by atoms with E-state index in [9.17, 15) is 19.5 Å². The van der Waals surface area contributed by atoms with Crippen LogP contribution >= 0.6 is 0 Å². The molecule has 15 nitrogen and oxygen atoms in total. The Morgan fingerprint density at radius 3 is 2.54 bits per heavy atom. The first kappa shape index (κ1) is 31.8. The molecule has 50 heavy (non-hydrogen) atoms. The van der Waals surface area contributed by atoms with E-state index in [0.29, 0.717) is 70.7 Å². The van der Waals surface area contributed by atoms with Gasteiger partial charge in [-0.3, -0.25) is 4.79 Å². The third-order valence-corrected chi connectivity index (χ3v) is 10.0. The molecule has 15 heteroatoms. The molecule has 2 amide bonds. The standard InChI is InChI=1S/C35H37N7O8/c1-34(2,3)50-33(46)42-26-12-18(24-14-35(24)23-13-20(47-4)9-11-25(23)41(31(35)43)32(44)45)6-10-22(26)28(39-42)38-29-27(48-5)30(37-17-36-29)40-15-21-8-7-19(40)16-49-21/h6,9-13,17,19,21,24H,7-8,14-16H2,1-5H3,(H,44,45)(H,36,37,38,39)/t19?,21?,24-,35-/m0/s1. The molecular weight excluding hydrogens is 646 g/mol. The summed E-state index contributed by atoms with van der Waals surface area (Å²) in [6.45, 7) is 6.63. The highest BCUT2D eigenvalue weighted by molar-refractivity contribution is 6.22. The van der Waals surface area contributed by atoms with Gasteiger partial charge in [-0.05, 0) is 81.5 Å². The molecule has 260 valence electrons. The molecule has 4 atom stereocenters. The summed E-state index contributed by atoms with van der Waals surface area (Å²) >= 11 is 0. The summed E-state index contributed by atoms with van der Waals surface area (Å²) in [5, 5.41) is 18.5. The molecule has 4 fully saturated rings. The topological polar surface area (TPSA) is 170 Å². The zero-order chi connectivity index (χ0) is 35.1. The molecule has 1 saturated carbocycles. The van der Waals surface area contributed by atoms with Gasteiger partial charge in [0.1, 0.15) is 17.7 Å². The molecule has 9 rings (SSSR count). The molecule has 2 aromatic heterocycles. The number of carboxylic acid groups (broad SMARTS) is 1. The maximum atomic E-state index is 13.8. The van der Waals surface area contributed by atoms with Crippen LogP contribution in [0.4, 0.5) is 32.7 Å². The van der Waals surface area contributed by atoms with Crippen LogP contribution in [-0.2, 0) is 19.7 Å². The van der Waals surface area contributed by atoms with Crippen LogP contribution in [-0.4, -0.2) is 88.1 Å². The van der Waals surface area contributed by atoms with Gasteiger partial charge in [0.25, 0.3) is 0 Å². The SMILES string of the molecule is COc1ccc2c(c1)[C@]1(C[C@H]1c1ccc3c(Nc4ncnc(N5CC6CCC5CO6)c4OC)nn(C(=O)OC(C)(C)C)c3c1)C(=O)N2C(=O)O. The van der Waals surface area contributed by atoms with Crippen molar-refractivity contribution in [2.24, 2.45) is 0 Å². The van der Waals surface area contributed by atoms with Crippen molar-refractivity contribution in [1.29, 1.82) is 0 Å². The van der Waals surface area contributed by atoms with Gasteiger partial charge in [0, 0.05) is 17.8 Å². The second-order valence-electron chi connectivity index (χ2n) is 14.1. The Kier molecular flexibility index (Phi) is 7.19. The zero-order valence-corrected chi connectivity index (χ0v) is 28.3. The number of hydrogen-bond acceptors (Lipinski definition) is 12. The van der Waals surface area contributed by atoms with Crippen molar-refractivity contribution in [3.63, 3.8) is 0 Å². The Morgan fingerprint density at radius 1 is 1.06 bits per heavy atom. The van der Waals surface area contributed by atoms with Gasteiger partial charge in [0.2, 0.25) is 11.7 Å². The van der Waals surface area contributed by atoms with E-state index in [0.717, 1.165) is 23.3 Å². The van der Waals surface area contributed by atoms with E-state index in [2.05, 4.69) is 25.3 Å². The molecular formula is C35H37N7O8. The van der Waals surface area contributed by atoms with E-state index in [4.69, 9.17) is 18.9 Å². The number of morpholine rings is 1. The highest BCUT2D eigenvalue weighted by Gasteiger charge is 2.68. The summed E-state index contributed by atoms with van der Waals surface area (Å²) < 4.78 is 24.1. The van der Waals surface area contributed by atoms with Crippen LogP contribution in [0.1, 0.15) is 57.1 Å². The summed E-state index contributed by atoms with van der Waals surface area (Å²) in [6.07, 6.45) is 1.94. The number of carbonyl (C=O) groups excluding carboxylic acids is 2. The Bertz CT molecular complexity index is 2070. The highest BCUT2D eigenvalue weighted by Crippen LogP contribution is 2.67. The van der Waals surface area contributed by atoms with Gasteiger partial charge in [-0.2, -0.15) is 4.68 Å². The molecule has 2 bridgehead atoms. The van der Waals surface area contributed by atoms with Gasteiger partial charge in [-0.25, -0.2) is 24.5 Å². The van der Waals surface area contributed by atoms with Gasteiger partial charge in [0.05, 0.1) is 49.6 Å². The summed E-state index contributed by atoms with van der Waals surface area (Å²) in [5.41, 5.74) is 0.205. The van der Waals surface area contributed by atoms with Crippen LogP contribution < -0.4 is 24.6 Å². The normalized spacial score (nSPS) is 23.7. The van der Waals surface area contributed by atoms with E-state index < -0.39 is 29.1 Å². The number of nitrogens with zero attached hydrogens (tertiary/aromatic N) is 6. The summed E-state index contributed by atoms with van der Waals surface area (Å²) in [4.78, 5) is 51.7. The largest absolute Gasteiger partial charge is 0.497 e. The number of aromatic nitrogens is 4. The van der Waals surface area contributed by atoms with Crippen LogP contribution in [0, 0.1) is 0 Å². The van der Waals surface area contributed by atoms with E-state index in [-0.39, 0.29) is 18.1 Å². The summed E-state index contributed by atoms with van der Waals surface area (Å²) in [6, 6.07) is 10.6. The van der Waals surface area contributed by atoms with Gasteiger partial charge in [-0.15, -0.1) is 5.10 Å². The fourth-order valence-corrected chi connectivity index (χ4v) is 7.66. The van der Waals surface area contributed by atoms with E-state index in [1.165, 1.54) is 18.1 Å². The number of amides is 2. The Labute approximate surface area is 287 Å². The van der Waals surface area contributed by atoms with Gasteiger partial charge < -0.3 is 34.3 Å². The smallest absolute Gasteiger partial charge is 0.435 e. The van der Waals surface area contributed by atoms with Crippen molar-refractivity contribution >= 4 is 52.1 Å². The van der Waals surface area contributed by atoms with E-state index >= 15 is 0 Å². The molecule has 2 aromatic carbocycles. The van der Waals surface area contributed by atoms with Crippen LogP contribution in [0.5, 0.6) is 11.5 Å². The molecule has 2 unspecified atom stereocenters. The number of piperidine rings is 1. The first-order valence-electron chi connectivity index (χ1n) is 16.5. The Hall–Kier alpha value is -5.44. The lowest BCUT2D eigenvalue weighted by Gasteiger charge is -2.45. The van der Waals surface area contributed by atoms with Crippen molar-refractivity contribution in [1.82, 2.24) is 19.7 Å². The lowest BCUT2D eigenvalue weighted by atomic mass is 9.91. The highest BCUT2D eigenvalue weighted by atomic mass is 16.6. The van der Waals surface area contributed by atoms with Crippen molar-refractivity contribution in [2.45, 2.75) is 69.1 Å². The fourth-order valence-electron chi connectivity index (χ4n) is 7.66. The number of anilines is 4. The Balaban J connectivity index is 1.19. The Morgan fingerprint density at radius 2 is 1.88 bits per heavy atom. The maximum absolute atomic E-state index is 13.8. The summed E-state index contributed by atoms with van der Waals surface area (Å²) in [5.74, 6) is 1.44. The van der Waals surface area contributed by atoms with E-state index in [1.807, 2.05) is 12.1 Å². The molecule has 4 aliphatic heterocycles. The average molecular weight is 684 g/mol. The number of carbonyl (C=O) groups is 3. The molecule has 2 N–H and O–H groups in total. The zero-order valence-electron chi connectivity index (χ0n) is 28.3. The average Bonchev–Trinajstić information content (AvgIpc) is 3.69. The van der Waals surface area contributed by atoms with Crippen molar-refractivity contribution in [3.05, 3.63) is 53.9 Å². The molecule has 6 heterocycles. The number of nitrogens with one attached hydrogen (secondary N) is 1. The van der Waals surface area contributed by atoms with Crippen LogP contribution in [0.2, 0.25) is 0 Å².